The Hall–Kier alpha value is -3.49. The van der Waals surface area contributed by atoms with Gasteiger partial charge < -0.3 is 19.4 Å². The van der Waals surface area contributed by atoms with Crippen molar-refractivity contribution in [2.24, 2.45) is 5.92 Å². The molecule has 51 heavy (non-hydrogen) atoms. The van der Waals surface area contributed by atoms with Gasteiger partial charge in [-0.3, -0.25) is 4.79 Å². The maximum atomic E-state index is 13.9. The van der Waals surface area contributed by atoms with Gasteiger partial charge in [-0.15, -0.1) is 24.8 Å². The minimum atomic E-state index is -0.773. The zero-order valence-electron chi connectivity index (χ0n) is 29.9. The number of halogens is 4. The normalized spacial score (nSPS) is 17.7. The van der Waals surface area contributed by atoms with Gasteiger partial charge in [0.1, 0.15) is 22.8 Å². The number of carbonyl (C=O) groups is 1. The molecule has 9 heteroatoms. The standard InChI is InChI=1S/C42H49F2N3O2.2ClH/c1-31(2)42(37-12-4-6-14-39(37)45(3)41(42)48)38-13-5-7-15-40(38)49-30-9-8-24-46-26-28-47(29-27-46)25-10-11-36(32-16-20-34(43)21-17-32)33-18-22-35(44)23-19-33;;/h4-7,12-23,31,36H,8-11,24-30H2,1-3H3;2*1H. The van der Waals surface area contributed by atoms with Gasteiger partial charge in [-0.05, 0) is 97.8 Å². The molecule has 2 aliphatic rings. The molecule has 6 rings (SSSR count). The summed E-state index contributed by atoms with van der Waals surface area (Å²) in [5.74, 6) is 0.579. The van der Waals surface area contributed by atoms with Crippen LogP contribution in [0.1, 0.15) is 67.7 Å². The van der Waals surface area contributed by atoms with Crippen LogP contribution in [-0.2, 0) is 10.2 Å². The number of anilines is 1. The SMILES string of the molecule is CC(C)C1(c2ccccc2OCCCCN2CCN(CCCC(c3ccc(F)cc3)c3ccc(F)cc3)CC2)C(=O)N(C)c2ccccc21.Cl.Cl. The van der Waals surface area contributed by atoms with Crippen LogP contribution in [0.15, 0.2) is 97.1 Å². The van der Waals surface area contributed by atoms with E-state index in [0.29, 0.717) is 6.61 Å². The first kappa shape index (κ1) is 40.3. The predicted octanol–water partition coefficient (Wildman–Crippen LogP) is 9.12. The molecule has 0 radical (unpaired) electrons. The van der Waals surface area contributed by atoms with Gasteiger partial charge in [0.2, 0.25) is 5.91 Å². The molecule has 2 heterocycles. The van der Waals surface area contributed by atoms with Crippen molar-refractivity contribution >= 4 is 36.4 Å². The molecule has 274 valence electrons. The fourth-order valence-corrected chi connectivity index (χ4v) is 7.93. The van der Waals surface area contributed by atoms with Gasteiger partial charge in [-0.25, -0.2) is 8.78 Å². The van der Waals surface area contributed by atoms with E-state index < -0.39 is 5.41 Å². The van der Waals surface area contributed by atoms with Gasteiger partial charge >= 0.3 is 0 Å². The van der Waals surface area contributed by atoms with Gasteiger partial charge in [0.05, 0.1) is 6.61 Å². The van der Waals surface area contributed by atoms with E-state index in [-0.39, 0.29) is 54.2 Å². The smallest absolute Gasteiger partial charge is 0.242 e. The Kier molecular flexibility index (Phi) is 14.5. The first-order valence-corrected chi connectivity index (χ1v) is 17.8. The summed E-state index contributed by atoms with van der Waals surface area (Å²) in [5.41, 5.74) is 4.32. The number of benzene rings is 4. The van der Waals surface area contributed by atoms with Crippen molar-refractivity contribution in [1.29, 1.82) is 0 Å². The first-order chi connectivity index (χ1) is 23.8. The number of ether oxygens (including phenoxy) is 1. The highest BCUT2D eigenvalue weighted by Gasteiger charge is 2.54. The van der Waals surface area contributed by atoms with Crippen molar-refractivity contribution in [2.75, 3.05) is 57.8 Å². The number of unbranched alkanes of at least 4 members (excludes halogenated alkanes) is 1. The first-order valence-electron chi connectivity index (χ1n) is 17.8. The molecular formula is C42H51Cl2F2N3O2. The van der Waals surface area contributed by atoms with Crippen molar-refractivity contribution in [2.45, 2.75) is 50.9 Å². The largest absolute Gasteiger partial charge is 0.493 e. The van der Waals surface area contributed by atoms with Crippen LogP contribution in [-0.4, -0.2) is 68.6 Å². The third-order valence-electron chi connectivity index (χ3n) is 10.6. The van der Waals surface area contributed by atoms with Crippen molar-refractivity contribution < 1.29 is 18.3 Å². The van der Waals surface area contributed by atoms with E-state index in [4.69, 9.17) is 4.74 Å². The summed E-state index contributed by atoms with van der Waals surface area (Å²) in [6.07, 6.45) is 3.95. The second kappa shape index (κ2) is 18.3. The Morgan fingerprint density at radius 1 is 0.686 bits per heavy atom. The van der Waals surface area contributed by atoms with Crippen LogP contribution in [0.25, 0.3) is 0 Å². The third-order valence-corrected chi connectivity index (χ3v) is 10.6. The average molecular weight is 739 g/mol. The highest BCUT2D eigenvalue weighted by Crippen LogP contribution is 2.52. The molecule has 5 nitrogen and oxygen atoms in total. The van der Waals surface area contributed by atoms with Crippen molar-refractivity contribution in [3.63, 3.8) is 0 Å². The van der Waals surface area contributed by atoms with E-state index in [1.807, 2.05) is 67.7 Å². The van der Waals surface area contributed by atoms with Gasteiger partial charge in [0.15, 0.2) is 0 Å². The van der Waals surface area contributed by atoms with E-state index in [1.54, 1.807) is 4.90 Å². The Balaban J connectivity index is 0.00000292. The Labute approximate surface area is 314 Å². The summed E-state index contributed by atoms with van der Waals surface area (Å²) < 4.78 is 33.7. The Morgan fingerprint density at radius 3 is 1.76 bits per heavy atom. The van der Waals surface area contributed by atoms with Crippen LogP contribution < -0.4 is 9.64 Å². The summed E-state index contributed by atoms with van der Waals surface area (Å²) in [5, 5.41) is 0. The van der Waals surface area contributed by atoms with Crippen LogP contribution in [0.4, 0.5) is 14.5 Å². The van der Waals surface area contributed by atoms with Crippen molar-refractivity contribution in [3.8, 4) is 5.75 Å². The summed E-state index contributed by atoms with van der Waals surface area (Å²) in [6.45, 7) is 11.1. The molecule has 4 aromatic carbocycles. The highest BCUT2D eigenvalue weighted by molar-refractivity contribution is 6.10. The molecule has 1 amide bonds. The molecule has 2 aliphatic heterocycles. The molecule has 0 spiro atoms. The predicted molar refractivity (Wildman–Crippen MR) is 208 cm³/mol. The molecular weight excluding hydrogens is 687 g/mol. The van der Waals surface area contributed by atoms with E-state index in [0.717, 1.165) is 98.6 Å². The number of carbonyl (C=O) groups excluding carboxylic acids is 1. The summed E-state index contributed by atoms with van der Waals surface area (Å²) in [7, 11) is 1.87. The number of amides is 1. The maximum Gasteiger partial charge on any atom is 0.242 e. The van der Waals surface area contributed by atoms with Crippen LogP contribution in [0, 0.1) is 17.6 Å². The highest BCUT2D eigenvalue weighted by atomic mass is 35.5. The van der Waals surface area contributed by atoms with Gasteiger partial charge in [-0.1, -0.05) is 74.5 Å². The fourth-order valence-electron chi connectivity index (χ4n) is 7.93. The molecule has 1 unspecified atom stereocenters. The number of nitrogens with zero attached hydrogens (tertiary/aromatic N) is 3. The average Bonchev–Trinajstić information content (AvgIpc) is 3.35. The fraction of sp³-hybridized carbons (Fsp3) is 0.405. The number of para-hydroxylation sites is 2. The van der Waals surface area contributed by atoms with Crippen molar-refractivity contribution in [3.05, 3.63) is 131 Å². The van der Waals surface area contributed by atoms with E-state index in [1.165, 1.54) is 24.3 Å². The minimum absolute atomic E-state index is 0. The van der Waals surface area contributed by atoms with Crippen LogP contribution >= 0.6 is 24.8 Å². The number of fused-ring (bicyclic) bond motifs is 1. The number of hydrogen-bond donors (Lipinski definition) is 0. The molecule has 4 aromatic rings. The lowest BCUT2D eigenvalue weighted by atomic mass is 9.67. The molecule has 0 N–H and O–H groups in total. The topological polar surface area (TPSA) is 36.0 Å². The van der Waals surface area contributed by atoms with Gasteiger partial charge in [0.25, 0.3) is 0 Å². The number of likely N-dealkylation sites (N-methyl/N-ethyl adjacent to an activating group) is 1. The second-order valence-electron chi connectivity index (χ2n) is 13.9. The molecule has 0 aromatic heterocycles. The zero-order valence-corrected chi connectivity index (χ0v) is 31.5. The number of piperazine rings is 1. The molecule has 1 atom stereocenters. The lowest BCUT2D eigenvalue weighted by Gasteiger charge is -2.35. The second-order valence-corrected chi connectivity index (χ2v) is 13.9. The van der Waals surface area contributed by atoms with Crippen LogP contribution in [0.5, 0.6) is 5.75 Å². The summed E-state index contributed by atoms with van der Waals surface area (Å²) >= 11 is 0. The monoisotopic (exact) mass is 737 g/mol. The molecule has 0 aliphatic carbocycles. The number of rotatable bonds is 14. The molecule has 1 saturated heterocycles. The molecule has 0 bridgehead atoms. The quantitative estimate of drug-likeness (QED) is 0.121. The lowest BCUT2D eigenvalue weighted by molar-refractivity contribution is -0.122. The van der Waals surface area contributed by atoms with Crippen LogP contribution in [0.2, 0.25) is 0 Å². The maximum absolute atomic E-state index is 13.9. The number of hydrogen-bond acceptors (Lipinski definition) is 4. The van der Waals surface area contributed by atoms with E-state index in [9.17, 15) is 13.6 Å². The van der Waals surface area contributed by atoms with Gasteiger partial charge in [0, 0.05) is 50.4 Å². The van der Waals surface area contributed by atoms with E-state index in [2.05, 4.69) is 35.8 Å². The summed E-state index contributed by atoms with van der Waals surface area (Å²) in [4.78, 5) is 20.8. The zero-order chi connectivity index (χ0) is 34.4. The molecule has 1 fully saturated rings. The lowest BCUT2D eigenvalue weighted by Crippen LogP contribution is -2.46. The summed E-state index contributed by atoms with van der Waals surface area (Å²) in [6, 6.07) is 29.6. The third kappa shape index (κ3) is 8.77. The van der Waals surface area contributed by atoms with Gasteiger partial charge in [-0.2, -0.15) is 0 Å². The van der Waals surface area contributed by atoms with Crippen LogP contribution in [0.3, 0.4) is 0 Å². The molecule has 0 saturated carbocycles. The van der Waals surface area contributed by atoms with E-state index >= 15 is 0 Å². The Bertz CT molecular complexity index is 1650. The van der Waals surface area contributed by atoms with Crippen molar-refractivity contribution in [1.82, 2.24) is 9.80 Å². The Morgan fingerprint density at radius 2 is 1.20 bits per heavy atom. The minimum Gasteiger partial charge on any atom is -0.493 e.